The molecular weight excluding hydrogens is 288 g/mol. The van der Waals surface area contributed by atoms with Gasteiger partial charge in [-0.15, -0.1) is 0 Å². The highest BCUT2D eigenvalue weighted by molar-refractivity contribution is 5.68. The monoisotopic (exact) mass is 318 g/mol. The van der Waals surface area contributed by atoms with E-state index in [0.29, 0.717) is 19.0 Å². The van der Waals surface area contributed by atoms with Crippen LogP contribution in [0, 0.1) is 0 Å². The third kappa shape index (κ3) is 5.54. The third-order valence-electron chi connectivity index (χ3n) is 4.04. The molecule has 1 aromatic carbocycles. The number of amides is 1. The number of rotatable bonds is 3. The number of nitrogens with one attached hydrogen (secondary N) is 1. The molecule has 2 rings (SSSR count). The van der Waals surface area contributed by atoms with Crippen LogP contribution >= 0.6 is 0 Å². The number of benzene rings is 1. The Morgan fingerprint density at radius 1 is 1.30 bits per heavy atom. The third-order valence-corrected chi connectivity index (χ3v) is 4.04. The van der Waals surface area contributed by atoms with Gasteiger partial charge in [0.15, 0.2) is 0 Å². The van der Waals surface area contributed by atoms with Gasteiger partial charge in [0.2, 0.25) is 0 Å². The second kappa shape index (κ2) is 7.35. The van der Waals surface area contributed by atoms with Crippen LogP contribution in [-0.2, 0) is 11.2 Å². The van der Waals surface area contributed by atoms with Crippen LogP contribution < -0.4 is 5.32 Å². The lowest BCUT2D eigenvalue weighted by atomic mass is 9.98. The Bertz CT molecular complexity index is 517. The van der Waals surface area contributed by atoms with Gasteiger partial charge in [0.1, 0.15) is 5.60 Å². The van der Waals surface area contributed by atoms with Crippen LogP contribution in [-0.4, -0.2) is 42.3 Å². The van der Waals surface area contributed by atoms with E-state index in [0.717, 1.165) is 13.0 Å². The number of hydrogen-bond donors (Lipinski definition) is 1. The fraction of sp³-hybridized carbons (Fsp3) is 0.632. The Morgan fingerprint density at radius 3 is 2.52 bits per heavy atom. The van der Waals surface area contributed by atoms with E-state index in [1.54, 1.807) is 0 Å². The van der Waals surface area contributed by atoms with Crippen LogP contribution in [0.4, 0.5) is 4.79 Å². The first-order chi connectivity index (χ1) is 10.7. The molecule has 23 heavy (non-hydrogen) atoms. The van der Waals surface area contributed by atoms with Gasteiger partial charge in [-0.25, -0.2) is 4.79 Å². The van der Waals surface area contributed by atoms with E-state index < -0.39 is 5.60 Å². The Kier molecular flexibility index (Phi) is 5.69. The maximum atomic E-state index is 12.2. The van der Waals surface area contributed by atoms with Gasteiger partial charge in [0.25, 0.3) is 0 Å². The predicted molar refractivity (Wildman–Crippen MR) is 93.8 cm³/mol. The lowest BCUT2D eigenvalue weighted by Crippen LogP contribution is -2.54. The standard InChI is InChI=1S/C19H30N2O2/c1-14(2)16-8-6-15(7-9-16)12-17-13-21(11-10-20-17)18(22)23-19(3,4)5/h6-9,14,17,20H,10-13H2,1-5H3/t17-/m0/s1. The summed E-state index contributed by atoms with van der Waals surface area (Å²) < 4.78 is 5.48. The minimum absolute atomic E-state index is 0.209. The van der Waals surface area contributed by atoms with E-state index in [1.807, 2.05) is 25.7 Å². The molecule has 4 nitrogen and oxygen atoms in total. The average Bonchev–Trinajstić information content (AvgIpc) is 2.46. The first kappa shape index (κ1) is 17.8. The van der Waals surface area contributed by atoms with Crippen molar-refractivity contribution in [3.05, 3.63) is 35.4 Å². The SMILES string of the molecule is CC(C)c1ccc(C[C@H]2CN(C(=O)OC(C)(C)C)CCN2)cc1. The summed E-state index contributed by atoms with van der Waals surface area (Å²) in [6, 6.07) is 9.08. The van der Waals surface area contributed by atoms with E-state index in [1.165, 1.54) is 11.1 Å². The highest BCUT2D eigenvalue weighted by Crippen LogP contribution is 2.17. The number of ether oxygens (including phenoxy) is 1. The van der Waals surface area contributed by atoms with Gasteiger partial charge in [0.05, 0.1) is 0 Å². The molecule has 1 fully saturated rings. The first-order valence-corrected chi connectivity index (χ1v) is 8.55. The lowest BCUT2D eigenvalue weighted by molar-refractivity contribution is 0.0195. The molecule has 0 aromatic heterocycles. The topological polar surface area (TPSA) is 41.6 Å². The van der Waals surface area contributed by atoms with Crippen molar-refractivity contribution < 1.29 is 9.53 Å². The molecule has 0 radical (unpaired) electrons. The second-order valence-electron chi connectivity index (χ2n) is 7.68. The maximum absolute atomic E-state index is 12.2. The fourth-order valence-electron chi connectivity index (χ4n) is 2.78. The molecule has 1 aliphatic rings. The molecule has 4 heteroatoms. The normalized spacial score (nSPS) is 19.0. The maximum Gasteiger partial charge on any atom is 0.410 e. The molecule has 0 aliphatic carbocycles. The van der Waals surface area contributed by atoms with Gasteiger partial charge in [-0.2, -0.15) is 0 Å². The highest BCUT2D eigenvalue weighted by Gasteiger charge is 2.27. The molecule has 1 saturated heterocycles. The van der Waals surface area contributed by atoms with Crippen molar-refractivity contribution in [3.63, 3.8) is 0 Å². The van der Waals surface area contributed by atoms with Gasteiger partial charge in [0, 0.05) is 25.7 Å². The molecule has 1 atom stereocenters. The van der Waals surface area contributed by atoms with Gasteiger partial charge in [-0.3, -0.25) is 0 Å². The fourth-order valence-corrected chi connectivity index (χ4v) is 2.78. The molecule has 0 saturated carbocycles. The van der Waals surface area contributed by atoms with Crippen LogP contribution in [0.3, 0.4) is 0 Å². The summed E-state index contributed by atoms with van der Waals surface area (Å²) in [7, 11) is 0. The summed E-state index contributed by atoms with van der Waals surface area (Å²) in [6.45, 7) is 12.3. The van der Waals surface area contributed by atoms with Crippen molar-refractivity contribution in [1.82, 2.24) is 10.2 Å². The van der Waals surface area contributed by atoms with E-state index >= 15 is 0 Å². The molecule has 1 aliphatic heterocycles. The summed E-state index contributed by atoms with van der Waals surface area (Å²) in [5, 5.41) is 3.50. The zero-order valence-electron chi connectivity index (χ0n) is 15.1. The average molecular weight is 318 g/mol. The number of carbonyl (C=O) groups is 1. The quantitative estimate of drug-likeness (QED) is 0.926. The lowest BCUT2D eigenvalue weighted by Gasteiger charge is -2.35. The zero-order chi connectivity index (χ0) is 17.0. The molecule has 0 spiro atoms. The van der Waals surface area contributed by atoms with Crippen LogP contribution in [0.1, 0.15) is 51.7 Å². The molecule has 1 aromatic rings. The Hall–Kier alpha value is -1.55. The van der Waals surface area contributed by atoms with Crippen molar-refractivity contribution in [2.24, 2.45) is 0 Å². The number of hydrogen-bond acceptors (Lipinski definition) is 3. The van der Waals surface area contributed by atoms with E-state index in [2.05, 4.69) is 43.4 Å². The number of piperazine rings is 1. The van der Waals surface area contributed by atoms with Crippen molar-refractivity contribution in [1.29, 1.82) is 0 Å². The van der Waals surface area contributed by atoms with Gasteiger partial charge in [-0.1, -0.05) is 38.1 Å². The molecule has 0 unspecified atom stereocenters. The number of nitrogens with zero attached hydrogens (tertiary/aromatic N) is 1. The molecule has 1 heterocycles. The van der Waals surface area contributed by atoms with Crippen molar-refractivity contribution in [3.8, 4) is 0 Å². The van der Waals surface area contributed by atoms with Crippen LogP contribution in [0.15, 0.2) is 24.3 Å². The van der Waals surface area contributed by atoms with Crippen LogP contribution in [0.5, 0.6) is 0 Å². The predicted octanol–water partition coefficient (Wildman–Crippen LogP) is 3.56. The number of carbonyl (C=O) groups excluding carboxylic acids is 1. The van der Waals surface area contributed by atoms with Crippen LogP contribution in [0.25, 0.3) is 0 Å². The summed E-state index contributed by atoms with van der Waals surface area (Å²) in [5.41, 5.74) is 2.23. The summed E-state index contributed by atoms with van der Waals surface area (Å²) in [6.07, 6.45) is 0.719. The van der Waals surface area contributed by atoms with Gasteiger partial charge < -0.3 is 15.0 Å². The van der Waals surface area contributed by atoms with E-state index in [9.17, 15) is 4.79 Å². The molecular formula is C19H30N2O2. The molecule has 1 N–H and O–H groups in total. The van der Waals surface area contributed by atoms with Crippen molar-refractivity contribution in [2.75, 3.05) is 19.6 Å². The Labute approximate surface area is 140 Å². The Balaban J connectivity index is 1.92. The first-order valence-electron chi connectivity index (χ1n) is 8.55. The minimum Gasteiger partial charge on any atom is -0.444 e. The van der Waals surface area contributed by atoms with Crippen molar-refractivity contribution in [2.45, 2.75) is 58.6 Å². The zero-order valence-corrected chi connectivity index (χ0v) is 15.1. The summed E-state index contributed by atoms with van der Waals surface area (Å²) >= 11 is 0. The largest absolute Gasteiger partial charge is 0.444 e. The summed E-state index contributed by atoms with van der Waals surface area (Å²) in [5.74, 6) is 0.555. The van der Waals surface area contributed by atoms with E-state index in [-0.39, 0.29) is 12.1 Å². The summed E-state index contributed by atoms with van der Waals surface area (Å²) in [4.78, 5) is 14.0. The Morgan fingerprint density at radius 2 is 1.96 bits per heavy atom. The van der Waals surface area contributed by atoms with Crippen LogP contribution in [0.2, 0.25) is 0 Å². The molecule has 128 valence electrons. The second-order valence-corrected chi connectivity index (χ2v) is 7.68. The smallest absolute Gasteiger partial charge is 0.410 e. The highest BCUT2D eigenvalue weighted by atomic mass is 16.6. The van der Waals surface area contributed by atoms with Gasteiger partial charge >= 0.3 is 6.09 Å². The molecule has 0 bridgehead atoms. The van der Waals surface area contributed by atoms with Crippen molar-refractivity contribution >= 4 is 6.09 Å². The van der Waals surface area contributed by atoms with E-state index in [4.69, 9.17) is 4.74 Å². The molecule has 1 amide bonds. The van der Waals surface area contributed by atoms with Gasteiger partial charge in [-0.05, 0) is 44.2 Å². The minimum atomic E-state index is -0.440.